The minimum Gasteiger partial charge on any atom is -0.368 e. The number of carbonyl (C=O) groups is 1. The van der Waals surface area contributed by atoms with Crippen molar-refractivity contribution in [3.8, 4) is 0 Å². The first-order valence-corrected chi connectivity index (χ1v) is 10.3. The molecule has 1 saturated carbocycles. The second-order valence-corrected chi connectivity index (χ2v) is 7.97. The van der Waals surface area contributed by atoms with Crippen molar-refractivity contribution in [1.29, 1.82) is 0 Å². The Morgan fingerprint density at radius 3 is 2.61 bits per heavy atom. The number of nitrogens with zero attached hydrogens (tertiary/aromatic N) is 4. The normalized spacial score (nSPS) is 19.3. The number of aromatic nitrogens is 4. The van der Waals surface area contributed by atoms with Gasteiger partial charge in [0.15, 0.2) is 0 Å². The number of hydrogen-bond donors (Lipinski definition) is 2. The third kappa shape index (κ3) is 3.60. The number of halogens is 2. The van der Waals surface area contributed by atoms with Gasteiger partial charge in [0.2, 0.25) is 0 Å². The monoisotopic (exact) mass is 424 g/mol. The molecule has 0 radical (unpaired) electrons. The lowest BCUT2D eigenvalue weighted by Crippen LogP contribution is -2.28. The largest absolute Gasteiger partial charge is 0.368 e. The maximum Gasteiger partial charge on any atom is 0.281 e. The Hall–Kier alpha value is -3.49. The Kier molecular flexibility index (Phi) is 4.80. The second kappa shape index (κ2) is 7.64. The number of primary amides is 1. The van der Waals surface area contributed by atoms with Crippen LogP contribution in [0.3, 0.4) is 0 Å². The molecule has 160 valence electrons. The predicted octanol–water partition coefficient (Wildman–Crippen LogP) is 4.32. The molecule has 1 aromatic carbocycles. The van der Waals surface area contributed by atoms with E-state index in [1.165, 1.54) is 6.20 Å². The molecule has 1 aliphatic rings. The summed E-state index contributed by atoms with van der Waals surface area (Å²) in [5.74, 6) is 0.281. The predicted molar refractivity (Wildman–Crippen MR) is 113 cm³/mol. The van der Waals surface area contributed by atoms with Crippen molar-refractivity contribution in [2.24, 2.45) is 5.73 Å². The minimum atomic E-state index is -2.59. The highest BCUT2D eigenvalue weighted by Crippen LogP contribution is 2.32. The van der Waals surface area contributed by atoms with Crippen LogP contribution in [0.5, 0.6) is 0 Å². The molecule has 0 spiro atoms. The molecule has 31 heavy (non-hydrogen) atoms. The van der Waals surface area contributed by atoms with Gasteiger partial charge in [-0.15, -0.1) is 0 Å². The molecule has 5 rings (SSSR count). The third-order valence-electron chi connectivity index (χ3n) is 5.98. The van der Waals surface area contributed by atoms with E-state index in [9.17, 15) is 13.6 Å². The highest BCUT2D eigenvalue weighted by molar-refractivity contribution is 6.04. The van der Waals surface area contributed by atoms with Gasteiger partial charge in [0.25, 0.3) is 12.3 Å². The van der Waals surface area contributed by atoms with Crippen molar-refractivity contribution in [2.75, 3.05) is 5.32 Å². The molecule has 0 saturated heterocycles. The van der Waals surface area contributed by atoms with Crippen LogP contribution < -0.4 is 11.1 Å². The molecule has 0 bridgehead atoms. The molecule has 0 atom stereocenters. The minimum absolute atomic E-state index is 0.223. The standard InChI is InChI=1S/C22H22F2N6O/c23-21(24)17-12-29-18(5-2-6-19(29)27-17)26-14-7-9-15(10-8-14)30-11-13-3-1-4-16(22(25)31)20(13)28-30/h1-6,11-12,14-15,21,26H,7-10H2,(H2,25,31). The van der Waals surface area contributed by atoms with Gasteiger partial charge in [-0.1, -0.05) is 18.2 Å². The van der Waals surface area contributed by atoms with Gasteiger partial charge in [0.1, 0.15) is 22.7 Å². The molecule has 9 heteroatoms. The number of imidazole rings is 1. The van der Waals surface area contributed by atoms with Crippen LogP contribution in [0.2, 0.25) is 0 Å². The van der Waals surface area contributed by atoms with Gasteiger partial charge in [-0.3, -0.25) is 13.9 Å². The molecule has 3 heterocycles. The Balaban J connectivity index is 1.30. The first kappa shape index (κ1) is 19.5. The first-order chi connectivity index (χ1) is 15.0. The second-order valence-electron chi connectivity index (χ2n) is 7.97. The number of nitrogens with one attached hydrogen (secondary N) is 1. The van der Waals surface area contributed by atoms with Crippen molar-refractivity contribution in [2.45, 2.75) is 44.2 Å². The molecule has 0 unspecified atom stereocenters. The van der Waals surface area contributed by atoms with E-state index in [1.807, 2.05) is 35.1 Å². The van der Waals surface area contributed by atoms with Gasteiger partial charge in [0.05, 0.1) is 11.6 Å². The van der Waals surface area contributed by atoms with E-state index in [1.54, 1.807) is 16.5 Å². The van der Waals surface area contributed by atoms with E-state index in [0.29, 0.717) is 16.7 Å². The topological polar surface area (TPSA) is 90.2 Å². The maximum absolute atomic E-state index is 13.0. The van der Waals surface area contributed by atoms with Crippen LogP contribution in [0.15, 0.2) is 48.8 Å². The quantitative estimate of drug-likeness (QED) is 0.499. The summed E-state index contributed by atoms with van der Waals surface area (Å²) in [6, 6.07) is 11.3. The number of anilines is 1. The van der Waals surface area contributed by atoms with E-state index >= 15 is 0 Å². The van der Waals surface area contributed by atoms with Crippen LogP contribution in [0, 0.1) is 0 Å². The highest BCUT2D eigenvalue weighted by Gasteiger charge is 2.24. The van der Waals surface area contributed by atoms with Crippen LogP contribution in [-0.2, 0) is 0 Å². The molecular formula is C22H22F2N6O. The van der Waals surface area contributed by atoms with E-state index in [4.69, 9.17) is 5.73 Å². The first-order valence-electron chi connectivity index (χ1n) is 10.3. The van der Waals surface area contributed by atoms with E-state index in [2.05, 4.69) is 15.4 Å². The molecular weight excluding hydrogens is 402 g/mol. The summed E-state index contributed by atoms with van der Waals surface area (Å²) in [6.45, 7) is 0. The molecule has 1 aliphatic carbocycles. The number of amides is 1. The number of benzene rings is 1. The molecule has 0 aliphatic heterocycles. The lowest BCUT2D eigenvalue weighted by Gasteiger charge is -2.30. The zero-order valence-corrected chi connectivity index (χ0v) is 16.7. The van der Waals surface area contributed by atoms with Crippen molar-refractivity contribution in [3.05, 3.63) is 60.0 Å². The number of pyridine rings is 1. The number of rotatable bonds is 5. The number of fused-ring (bicyclic) bond motifs is 2. The van der Waals surface area contributed by atoms with Crippen LogP contribution in [0.1, 0.15) is 54.2 Å². The SMILES string of the molecule is NC(=O)c1cccc2cn(C3CCC(Nc4cccc5nc(C(F)F)cn45)CC3)nc12. The molecule has 1 fully saturated rings. The van der Waals surface area contributed by atoms with E-state index < -0.39 is 12.3 Å². The fourth-order valence-electron chi connectivity index (χ4n) is 4.40. The van der Waals surface area contributed by atoms with Gasteiger partial charge < -0.3 is 11.1 Å². The summed E-state index contributed by atoms with van der Waals surface area (Å²) in [5.41, 5.74) is 6.82. The van der Waals surface area contributed by atoms with E-state index in [-0.39, 0.29) is 17.8 Å². The number of hydrogen-bond acceptors (Lipinski definition) is 4. The fourth-order valence-corrected chi connectivity index (χ4v) is 4.40. The fraction of sp³-hybridized carbons (Fsp3) is 0.318. The molecule has 3 aromatic heterocycles. The van der Waals surface area contributed by atoms with Crippen molar-refractivity contribution >= 4 is 28.3 Å². The number of nitrogens with two attached hydrogens (primary N) is 1. The summed E-state index contributed by atoms with van der Waals surface area (Å²) >= 11 is 0. The number of carbonyl (C=O) groups excluding carboxylic acids is 1. The molecule has 3 N–H and O–H groups in total. The van der Waals surface area contributed by atoms with Crippen LogP contribution >= 0.6 is 0 Å². The van der Waals surface area contributed by atoms with E-state index in [0.717, 1.165) is 36.9 Å². The van der Waals surface area contributed by atoms with Gasteiger partial charge in [-0.05, 0) is 43.9 Å². The lowest BCUT2D eigenvalue weighted by molar-refractivity contribution is 0.100. The zero-order chi connectivity index (χ0) is 21.5. The Labute approximate surface area is 176 Å². The highest BCUT2D eigenvalue weighted by atomic mass is 19.3. The van der Waals surface area contributed by atoms with Gasteiger partial charge in [-0.2, -0.15) is 5.10 Å². The van der Waals surface area contributed by atoms with Gasteiger partial charge in [-0.25, -0.2) is 13.8 Å². The Bertz CT molecular complexity index is 1260. The molecule has 4 aromatic rings. The van der Waals surface area contributed by atoms with Gasteiger partial charge in [0, 0.05) is 23.8 Å². The van der Waals surface area contributed by atoms with Crippen molar-refractivity contribution in [1.82, 2.24) is 19.2 Å². The Morgan fingerprint density at radius 1 is 1.10 bits per heavy atom. The average molecular weight is 424 g/mol. The van der Waals surface area contributed by atoms with Crippen LogP contribution in [0.25, 0.3) is 16.6 Å². The summed E-state index contributed by atoms with van der Waals surface area (Å²) in [5, 5.41) is 9.03. The summed E-state index contributed by atoms with van der Waals surface area (Å²) in [7, 11) is 0. The van der Waals surface area contributed by atoms with Crippen molar-refractivity contribution < 1.29 is 13.6 Å². The molecule has 7 nitrogen and oxygen atoms in total. The zero-order valence-electron chi connectivity index (χ0n) is 16.7. The van der Waals surface area contributed by atoms with Gasteiger partial charge >= 0.3 is 0 Å². The third-order valence-corrected chi connectivity index (χ3v) is 5.98. The molecule has 1 amide bonds. The lowest BCUT2D eigenvalue weighted by atomic mass is 9.91. The average Bonchev–Trinajstić information content (AvgIpc) is 3.39. The smallest absolute Gasteiger partial charge is 0.281 e. The summed E-state index contributed by atoms with van der Waals surface area (Å²) < 4.78 is 29.7. The van der Waals surface area contributed by atoms with Crippen LogP contribution in [0.4, 0.5) is 14.6 Å². The summed E-state index contributed by atoms with van der Waals surface area (Å²) in [6.07, 6.45) is 4.42. The maximum atomic E-state index is 13.0. The van der Waals surface area contributed by atoms with Crippen LogP contribution in [-0.4, -0.2) is 31.1 Å². The van der Waals surface area contributed by atoms with Crippen molar-refractivity contribution in [3.63, 3.8) is 0 Å². The Morgan fingerprint density at radius 2 is 1.87 bits per heavy atom. The summed E-state index contributed by atoms with van der Waals surface area (Å²) in [4.78, 5) is 15.7. The number of alkyl halides is 2.